The van der Waals surface area contributed by atoms with Gasteiger partial charge in [-0.2, -0.15) is 0 Å². The van der Waals surface area contributed by atoms with Gasteiger partial charge in [0.1, 0.15) is 0 Å². The molecule has 138 valence electrons. The van der Waals surface area contributed by atoms with Gasteiger partial charge in [0.25, 0.3) is 0 Å². The number of ether oxygens (including phenoxy) is 1. The summed E-state index contributed by atoms with van der Waals surface area (Å²) in [5, 5.41) is 2.51. The van der Waals surface area contributed by atoms with Crippen LogP contribution in [-0.2, 0) is 24.2 Å². The molecule has 0 bridgehead atoms. The van der Waals surface area contributed by atoms with E-state index in [1.165, 1.54) is 12.0 Å². The van der Waals surface area contributed by atoms with Crippen molar-refractivity contribution in [2.24, 2.45) is 0 Å². The second-order valence-electron chi connectivity index (χ2n) is 6.09. The molecule has 1 aromatic carbocycles. The molecule has 0 aliphatic carbocycles. The molecule has 1 aromatic rings. The van der Waals surface area contributed by atoms with Gasteiger partial charge in [-0.25, -0.2) is 8.42 Å². The minimum atomic E-state index is -3.18. The van der Waals surface area contributed by atoms with E-state index in [4.69, 9.17) is 10.5 Å². The summed E-state index contributed by atoms with van der Waals surface area (Å²) in [5.74, 6) is -1.76. The van der Waals surface area contributed by atoms with Crippen molar-refractivity contribution in [3.63, 3.8) is 0 Å². The largest absolute Gasteiger partial charge is 0.397 e. The molecule has 0 radical (unpaired) electrons. The van der Waals surface area contributed by atoms with Gasteiger partial charge in [-0.3, -0.25) is 9.59 Å². The predicted molar refractivity (Wildman–Crippen MR) is 94.9 cm³/mol. The van der Waals surface area contributed by atoms with Crippen LogP contribution in [0.3, 0.4) is 0 Å². The molecule has 1 atom stereocenters. The Morgan fingerprint density at radius 2 is 2.12 bits per heavy atom. The van der Waals surface area contributed by atoms with E-state index in [1.54, 1.807) is 18.2 Å². The molecule has 1 unspecified atom stereocenters. The van der Waals surface area contributed by atoms with Gasteiger partial charge in [-0.05, 0) is 31.0 Å². The first-order chi connectivity index (χ1) is 11.7. The van der Waals surface area contributed by atoms with Crippen molar-refractivity contribution in [2.75, 3.05) is 42.8 Å². The highest BCUT2D eigenvalue weighted by molar-refractivity contribution is 7.91. The topological polar surface area (TPSA) is 119 Å². The number of carbonyl (C=O) groups is 2. The van der Waals surface area contributed by atoms with Gasteiger partial charge in [0.2, 0.25) is 0 Å². The van der Waals surface area contributed by atoms with Gasteiger partial charge in [0.05, 0.1) is 29.5 Å². The molecule has 1 aliphatic heterocycles. The molecule has 1 aliphatic rings. The number of nitrogens with two attached hydrogens (primary N) is 1. The third kappa shape index (κ3) is 4.93. The van der Waals surface area contributed by atoms with E-state index in [2.05, 4.69) is 5.32 Å². The monoisotopic (exact) mass is 369 g/mol. The fourth-order valence-electron chi connectivity index (χ4n) is 2.75. The number of nitrogen functional groups attached to an aromatic ring is 1. The number of rotatable bonds is 5. The predicted octanol–water partition coefficient (Wildman–Crippen LogP) is 0.178. The number of nitrogens with one attached hydrogen (secondary N) is 1. The number of hydrogen-bond acceptors (Lipinski definition) is 6. The number of sulfone groups is 1. The molecule has 0 saturated carbocycles. The fourth-order valence-corrected chi connectivity index (χ4v) is 4.48. The van der Waals surface area contributed by atoms with Crippen LogP contribution in [0.25, 0.3) is 0 Å². The van der Waals surface area contributed by atoms with E-state index >= 15 is 0 Å². The van der Waals surface area contributed by atoms with Gasteiger partial charge in [0, 0.05) is 19.7 Å². The molecule has 8 nitrogen and oxygen atoms in total. The highest BCUT2D eigenvalue weighted by Crippen LogP contribution is 2.21. The average molecular weight is 369 g/mol. The second-order valence-corrected chi connectivity index (χ2v) is 8.32. The van der Waals surface area contributed by atoms with Crippen molar-refractivity contribution in [3.8, 4) is 0 Å². The molecular formula is C16H23N3O5S. The first-order valence-corrected chi connectivity index (χ1v) is 9.73. The van der Waals surface area contributed by atoms with Crippen LogP contribution in [0, 0.1) is 6.92 Å². The zero-order valence-electron chi connectivity index (χ0n) is 14.3. The van der Waals surface area contributed by atoms with Crippen LogP contribution >= 0.6 is 0 Å². The van der Waals surface area contributed by atoms with E-state index in [0.29, 0.717) is 17.8 Å². The normalized spacial score (nSPS) is 18.7. The molecule has 1 saturated heterocycles. The van der Waals surface area contributed by atoms with E-state index < -0.39 is 27.7 Å². The summed E-state index contributed by atoms with van der Waals surface area (Å²) in [6, 6.07) is 4.58. The summed E-state index contributed by atoms with van der Waals surface area (Å²) in [5.41, 5.74) is 7.39. The summed E-state index contributed by atoms with van der Waals surface area (Å²) in [6.07, 6.45) is 0.317. The second kappa shape index (κ2) is 7.83. The van der Waals surface area contributed by atoms with E-state index in [0.717, 1.165) is 5.56 Å². The number of nitrogens with zero attached hydrogens (tertiary/aromatic N) is 1. The number of aryl methyl sites for hydroxylation is 1. The van der Waals surface area contributed by atoms with E-state index in [-0.39, 0.29) is 24.7 Å². The van der Waals surface area contributed by atoms with Gasteiger partial charge >= 0.3 is 11.8 Å². The highest BCUT2D eigenvalue weighted by Gasteiger charge is 2.36. The minimum absolute atomic E-state index is 0.0148. The molecule has 3 N–H and O–H groups in total. The third-order valence-corrected chi connectivity index (χ3v) is 5.85. The Morgan fingerprint density at radius 1 is 1.40 bits per heavy atom. The molecule has 1 heterocycles. The van der Waals surface area contributed by atoms with Gasteiger partial charge in [-0.1, -0.05) is 6.07 Å². The van der Waals surface area contributed by atoms with E-state index in [9.17, 15) is 18.0 Å². The molecule has 0 spiro atoms. The highest BCUT2D eigenvalue weighted by atomic mass is 32.2. The van der Waals surface area contributed by atoms with Crippen molar-refractivity contribution >= 4 is 33.0 Å². The van der Waals surface area contributed by atoms with Crippen LogP contribution < -0.4 is 11.1 Å². The lowest BCUT2D eigenvalue weighted by Gasteiger charge is -2.27. The van der Waals surface area contributed by atoms with Crippen LogP contribution in [0.15, 0.2) is 18.2 Å². The summed E-state index contributed by atoms with van der Waals surface area (Å²) >= 11 is 0. The van der Waals surface area contributed by atoms with E-state index in [1.807, 2.05) is 6.92 Å². The minimum Gasteiger partial charge on any atom is -0.397 e. The van der Waals surface area contributed by atoms with Crippen LogP contribution in [0.4, 0.5) is 11.4 Å². The molecule has 25 heavy (non-hydrogen) atoms. The maximum Gasteiger partial charge on any atom is 0.313 e. The Kier molecular flexibility index (Phi) is 6.02. The smallest absolute Gasteiger partial charge is 0.313 e. The van der Waals surface area contributed by atoms with Crippen molar-refractivity contribution in [1.29, 1.82) is 0 Å². The number of amides is 2. The summed E-state index contributed by atoms with van der Waals surface area (Å²) in [6.45, 7) is 2.19. The first kappa shape index (κ1) is 19.2. The van der Waals surface area contributed by atoms with Crippen molar-refractivity contribution < 1.29 is 22.7 Å². The SMILES string of the molecule is COCCN(C(=O)C(=O)Nc1cc(C)ccc1N)C1CCS(=O)(=O)C1. The average Bonchev–Trinajstić information content (AvgIpc) is 2.91. The Hall–Kier alpha value is -2.13. The Balaban J connectivity index is 2.14. The number of benzene rings is 1. The lowest BCUT2D eigenvalue weighted by molar-refractivity contribution is -0.144. The maximum absolute atomic E-state index is 12.6. The van der Waals surface area contributed by atoms with Crippen molar-refractivity contribution in [1.82, 2.24) is 4.90 Å². The number of carbonyl (C=O) groups excluding carboxylic acids is 2. The standard InChI is InChI=1S/C16H23N3O5S/c1-11-3-4-13(17)14(9-11)18-15(20)16(21)19(6-7-24-2)12-5-8-25(22,23)10-12/h3-4,9,12H,5-8,10,17H2,1-2H3,(H,18,20). The zero-order valence-corrected chi connectivity index (χ0v) is 15.1. The van der Waals surface area contributed by atoms with Gasteiger partial charge < -0.3 is 20.7 Å². The molecular weight excluding hydrogens is 346 g/mol. The Labute approximate surface area is 147 Å². The number of methoxy groups -OCH3 is 1. The fraction of sp³-hybridized carbons (Fsp3) is 0.500. The summed E-state index contributed by atoms with van der Waals surface area (Å²) < 4.78 is 28.4. The van der Waals surface area contributed by atoms with Crippen LogP contribution in [0.2, 0.25) is 0 Å². The van der Waals surface area contributed by atoms with Crippen LogP contribution in [0.5, 0.6) is 0 Å². The number of hydrogen-bond donors (Lipinski definition) is 2. The zero-order chi connectivity index (χ0) is 18.6. The summed E-state index contributed by atoms with van der Waals surface area (Å²) in [7, 11) is -1.71. The first-order valence-electron chi connectivity index (χ1n) is 7.91. The van der Waals surface area contributed by atoms with Crippen LogP contribution in [-0.4, -0.2) is 62.9 Å². The quantitative estimate of drug-likeness (QED) is 0.564. The lowest BCUT2D eigenvalue weighted by Crippen LogP contribution is -2.48. The summed E-state index contributed by atoms with van der Waals surface area (Å²) in [4.78, 5) is 26.2. The molecule has 1 fully saturated rings. The third-order valence-electron chi connectivity index (χ3n) is 4.10. The Bertz CT molecular complexity index is 763. The molecule has 0 aromatic heterocycles. The van der Waals surface area contributed by atoms with Crippen molar-refractivity contribution in [2.45, 2.75) is 19.4 Å². The lowest BCUT2D eigenvalue weighted by atomic mass is 10.2. The molecule has 2 amide bonds. The van der Waals surface area contributed by atoms with Gasteiger partial charge in [0.15, 0.2) is 9.84 Å². The molecule has 9 heteroatoms. The number of anilines is 2. The van der Waals surface area contributed by atoms with Gasteiger partial charge in [-0.15, -0.1) is 0 Å². The maximum atomic E-state index is 12.6. The van der Waals surface area contributed by atoms with Crippen LogP contribution in [0.1, 0.15) is 12.0 Å². The Morgan fingerprint density at radius 3 is 2.72 bits per heavy atom. The van der Waals surface area contributed by atoms with Crippen molar-refractivity contribution in [3.05, 3.63) is 23.8 Å². The molecule has 2 rings (SSSR count).